The molecule has 2 heterocycles. The van der Waals surface area contributed by atoms with E-state index in [1.165, 1.54) is 11.6 Å². The molecule has 0 saturated heterocycles. The van der Waals surface area contributed by atoms with E-state index >= 15 is 0 Å². The minimum Gasteiger partial charge on any atom is -0.378 e. The first-order chi connectivity index (χ1) is 9.40. The highest BCUT2D eigenvalue weighted by molar-refractivity contribution is 5.38. The Morgan fingerprint density at radius 1 is 1.25 bits per heavy atom. The first-order valence-corrected chi connectivity index (χ1v) is 6.43. The van der Waals surface area contributed by atoms with E-state index in [9.17, 15) is 9.59 Å². The third-order valence-electron chi connectivity index (χ3n) is 3.13. The van der Waals surface area contributed by atoms with Gasteiger partial charge in [-0.2, -0.15) is 5.10 Å². The van der Waals surface area contributed by atoms with E-state index in [0.717, 1.165) is 10.3 Å². The summed E-state index contributed by atoms with van der Waals surface area (Å²) in [5.74, 6) is 0. The molecule has 0 spiro atoms. The van der Waals surface area contributed by atoms with Crippen LogP contribution in [0.2, 0.25) is 0 Å². The van der Waals surface area contributed by atoms with Crippen molar-refractivity contribution < 1.29 is 0 Å². The maximum atomic E-state index is 12.0. The van der Waals surface area contributed by atoms with Gasteiger partial charge in [0, 0.05) is 39.1 Å². The zero-order valence-electron chi connectivity index (χ0n) is 12.1. The smallest absolute Gasteiger partial charge is 0.330 e. The number of hydrogen-bond donors (Lipinski definition) is 1. The quantitative estimate of drug-likeness (QED) is 0.882. The van der Waals surface area contributed by atoms with E-state index < -0.39 is 0 Å². The lowest BCUT2D eigenvalue weighted by atomic mass is 10.3. The van der Waals surface area contributed by atoms with E-state index in [4.69, 9.17) is 0 Å². The van der Waals surface area contributed by atoms with E-state index in [2.05, 4.69) is 10.4 Å². The molecule has 0 saturated carbocycles. The zero-order chi connectivity index (χ0) is 14.9. The summed E-state index contributed by atoms with van der Waals surface area (Å²) in [6.07, 6.45) is 5.16. The summed E-state index contributed by atoms with van der Waals surface area (Å²) >= 11 is 0. The number of nitrogens with zero attached hydrogens (tertiary/aromatic N) is 4. The van der Waals surface area contributed by atoms with Crippen LogP contribution in [0.5, 0.6) is 0 Å². The van der Waals surface area contributed by atoms with Gasteiger partial charge >= 0.3 is 5.69 Å². The number of rotatable bonds is 4. The zero-order valence-corrected chi connectivity index (χ0v) is 12.1. The number of hydrogen-bond acceptors (Lipinski definition) is 4. The van der Waals surface area contributed by atoms with Crippen LogP contribution in [0.1, 0.15) is 25.5 Å². The first-order valence-electron chi connectivity index (χ1n) is 6.43. The lowest BCUT2D eigenvalue weighted by Gasteiger charge is -2.08. The average molecular weight is 277 g/mol. The van der Waals surface area contributed by atoms with Gasteiger partial charge in [-0.15, -0.1) is 0 Å². The van der Waals surface area contributed by atoms with Crippen LogP contribution < -0.4 is 16.6 Å². The third kappa shape index (κ3) is 2.66. The molecule has 7 heteroatoms. The van der Waals surface area contributed by atoms with Crippen molar-refractivity contribution in [1.82, 2.24) is 18.9 Å². The van der Waals surface area contributed by atoms with Gasteiger partial charge in [-0.3, -0.25) is 14.0 Å². The molecule has 0 aliphatic rings. The third-order valence-corrected chi connectivity index (χ3v) is 3.13. The molecule has 0 aliphatic carbocycles. The normalized spacial score (nSPS) is 11.1. The Balaban J connectivity index is 2.19. The van der Waals surface area contributed by atoms with Crippen molar-refractivity contribution in [3.05, 3.63) is 45.0 Å². The molecule has 2 aromatic rings. The minimum absolute atomic E-state index is 0.281. The van der Waals surface area contributed by atoms with E-state index in [1.807, 2.05) is 24.7 Å². The SMILES string of the molecule is CC(C)n1cc(NCc2cn(C)c(=O)n(C)c2=O)cn1. The minimum atomic E-state index is -0.327. The van der Waals surface area contributed by atoms with Gasteiger partial charge in [0.15, 0.2) is 0 Å². The summed E-state index contributed by atoms with van der Waals surface area (Å²) in [6.45, 7) is 4.43. The standard InChI is InChI=1S/C13H19N5O2/c1-9(2)18-8-11(6-15-18)14-5-10-7-16(3)13(20)17(4)12(10)19/h6-9,14H,5H2,1-4H3. The highest BCUT2D eigenvalue weighted by Gasteiger charge is 2.07. The summed E-state index contributed by atoms with van der Waals surface area (Å²) < 4.78 is 4.34. The molecule has 0 aliphatic heterocycles. The van der Waals surface area contributed by atoms with Gasteiger partial charge in [0.05, 0.1) is 17.4 Å². The Kier molecular flexibility index (Phi) is 3.78. The van der Waals surface area contributed by atoms with Crippen LogP contribution in [0.15, 0.2) is 28.2 Å². The molecule has 0 atom stereocenters. The Morgan fingerprint density at radius 2 is 1.95 bits per heavy atom. The summed E-state index contributed by atoms with van der Waals surface area (Å²) in [6, 6.07) is 0.288. The van der Waals surface area contributed by atoms with E-state index in [1.54, 1.807) is 19.4 Å². The molecule has 7 nitrogen and oxygen atoms in total. The molecule has 0 radical (unpaired) electrons. The molecule has 2 rings (SSSR count). The van der Waals surface area contributed by atoms with Crippen molar-refractivity contribution in [2.75, 3.05) is 5.32 Å². The second-order valence-corrected chi connectivity index (χ2v) is 5.07. The second kappa shape index (κ2) is 5.36. The summed E-state index contributed by atoms with van der Waals surface area (Å²) in [4.78, 5) is 23.6. The van der Waals surface area contributed by atoms with Gasteiger partial charge in [0.1, 0.15) is 0 Å². The van der Waals surface area contributed by atoms with Crippen molar-refractivity contribution in [3.8, 4) is 0 Å². The number of aromatic nitrogens is 4. The summed E-state index contributed by atoms with van der Waals surface area (Å²) in [5, 5.41) is 7.35. The van der Waals surface area contributed by atoms with Crippen LogP contribution in [0.3, 0.4) is 0 Å². The van der Waals surface area contributed by atoms with Crippen LogP contribution in [0.25, 0.3) is 0 Å². The van der Waals surface area contributed by atoms with Gasteiger partial charge in [-0.1, -0.05) is 0 Å². The number of aryl methyl sites for hydroxylation is 1. The number of anilines is 1. The van der Waals surface area contributed by atoms with Gasteiger partial charge in [0.25, 0.3) is 5.56 Å². The maximum Gasteiger partial charge on any atom is 0.330 e. The summed E-state index contributed by atoms with van der Waals surface area (Å²) in [7, 11) is 3.10. The fourth-order valence-corrected chi connectivity index (χ4v) is 1.91. The molecule has 0 amide bonds. The predicted molar refractivity (Wildman–Crippen MR) is 76.9 cm³/mol. The first kappa shape index (κ1) is 14.1. The fraction of sp³-hybridized carbons (Fsp3) is 0.462. The predicted octanol–water partition coefficient (Wildman–Crippen LogP) is 0.473. The molecular formula is C13H19N5O2. The van der Waals surface area contributed by atoms with E-state index in [0.29, 0.717) is 12.1 Å². The lowest BCUT2D eigenvalue weighted by molar-refractivity contribution is 0.532. The Morgan fingerprint density at radius 3 is 2.55 bits per heavy atom. The van der Waals surface area contributed by atoms with Gasteiger partial charge in [-0.05, 0) is 13.8 Å². The van der Waals surface area contributed by atoms with Gasteiger partial charge in [0.2, 0.25) is 0 Å². The second-order valence-electron chi connectivity index (χ2n) is 5.07. The van der Waals surface area contributed by atoms with Crippen LogP contribution in [-0.4, -0.2) is 18.9 Å². The van der Waals surface area contributed by atoms with Crippen LogP contribution in [-0.2, 0) is 20.6 Å². The topological polar surface area (TPSA) is 73.8 Å². The molecule has 1 N–H and O–H groups in total. The monoisotopic (exact) mass is 277 g/mol. The molecule has 108 valence electrons. The Hall–Kier alpha value is -2.31. The molecule has 0 bridgehead atoms. The Bertz CT molecular complexity index is 723. The average Bonchev–Trinajstić information content (AvgIpc) is 2.88. The largest absolute Gasteiger partial charge is 0.378 e. The van der Waals surface area contributed by atoms with Crippen molar-refractivity contribution in [2.24, 2.45) is 14.1 Å². The van der Waals surface area contributed by atoms with Crippen molar-refractivity contribution in [3.63, 3.8) is 0 Å². The fourth-order valence-electron chi connectivity index (χ4n) is 1.91. The number of nitrogens with one attached hydrogen (secondary N) is 1. The van der Waals surface area contributed by atoms with Crippen LogP contribution in [0.4, 0.5) is 5.69 Å². The van der Waals surface area contributed by atoms with Crippen molar-refractivity contribution >= 4 is 5.69 Å². The Labute approximate surface area is 116 Å². The van der Waals surface area contributed by atoms with E-state index in [-0.39, 0.29) is 17.3 Å². The molecule has 0 unspecified atom stereocenters. The van der Waals surface area contributed by atoms with Crippen molar-refractivity contribution in [2.45, 2.75) is 26.4 Å². The van der Waals surface area contributed by atoms with Crippen LogP contribution in [0, 0.1) is 0 Å². The molecule has 0 fully saturated rings. The lowest BCUT2D eigenvalue weighted by Crippen LogP contribution is -2.38. The highest BCUT2D eigenvalue weighted by atomic mass is 16.2. The molecule has 0 aromatic carbocycles. The highest BCUT2D eigenvalue weighted by Crippen LogP contribution is 2.10. The van der Waals surface area contributed by atoms with Gasteiger partial charge in [-0.25, -0.2) is 4.79 Å². The molecule has 20 heavy (non-hydrogen) atoms. The molecular weight excluding hydrogens is 258 g/mol. The van der Waals surface area contributed by atoms with Crippen molar-refractivity contribution in [1.29, 1.82) is 0 Å². The van der Waals surface area contributed by atoms with Gasteiger partial charge < -0.3 is 9.88 Å². The van der Waals surface area contributed by atoms with Crippen LogP contribution >= 0.6 is 0 Å². The summed E-state index contributed by atoms with van der Waals surface area (Å²) in [5.41, 5.74) is 0.768. The maximum absolute atomic E-state index is 12.0. The molecule has 2 aromatic heterocycles.